The van der Waals surface area contributed by atoms with Crippen molar-refractivity contribution >= 4 is 11.6 Å². The molecule has 0 N–H and O–H groups in total. The van der Waals surface area contributed by atoms with Crippen LogP contribution in [-0.2, 0) is 9.59 Å². The first-order valence-corrected chi connectivity index (χ1v) is 11.8. The molecule has 4 saturated carbocycles. The zero-order valence-electron chi connectivity index (χ0n) is 18.1. The van der Waals surface area contributed by atoms with Crippen molar-refractivity contribution in [1.29, 1.82) is 0 Å². The predicted molar refractivity (Wildman–Crippen MR) is 109 cm³/mol. The number of hydrogen-bond acceptors (Lipinski definition) is 2. The zero-order valence-corrected chi connectivity index (χ0v) is 18.1. The maximum atomic E-state index is 13.6. The van der Waals surface area contributed by atoms with E-state index in [1.54, 1.807) is 0 Å². The van der Waals surface area contributed by atoms with Crippen LogP contribution in [0.25, 0.3) is 0 Å². The third-order valence-corrected chi connectivity index (χ3v) is 8.76. The van der Waals surface area contributed by atoms with Crippen LogP contribution in [0.5, 0.6) is 0 Å². The lowest BCUT2D eigenvalue weighted by Crippen LogP contribution is -2.48. The number of Topliss-reactive ketones (excluding diaryl/α,β-unsaturated/α-hetero) is 2. The molecule has 152 valence electrons. The smallest absolute Gasteiger partial charge is 0.146 e. The van der Waals surface area contributed by atoms with E-state index < -0.39 is 0 Å². The van der Waals surface area contributed by atoms with Crippen LogP contribution in [0.15, 0.2) is 0 Å². The lowest BCUT2D eigenvalue weighted by atomic mass is 9.52. The van der Waals surface area contributed by atoms with Gasteiger partial charge in [-0.3, -0.25) is 9.59 Å². The fourth-order valence-corrected chi connectivity index (χ4v) is 8.61. The molecule has 4 bridgehead atoms. The lowest BCUT2D eigenvalue weighted by molar-refractivity contribution is -0.147. The Morgan fingerprint density at radius 3 is 1.19 bits per heavy atom. The molecule has 0 aromatic carbocycles. The second-order valence-electron chi connectivity index (χ2n) is 11.9. The van der Waals surface area contributed by atoms with Gasteiger partial charge in [0.2, 0.25) is 0 Å². The lowest BCUT2D eigenvalue weighted by Gasteiger charge is -2.51. The molecule has 0 amide bonds. The Labute approximate surface area is 166 Å². The number of rotatable bonds is 4. The summed E-state index contributed by atoms with van der Waals surface area (Å²) in [6, 6.07) is 0. The van der Waals surface area contributed by atoms with Crippen LogP contribution < -0.4 is 0 Å². The van der Waals surface area contributed by atoms with Crippen molar-refractivity contribution in [3.63, 3.8) is 0 Å². The van der Waals surface area contributed by atoms with Crippen molar-refractivity contribution in [3.8, 4) is 0 Å². The van der Waals surface area contributed by atoms with Crippen molar-refractivity contribution in [2.24, 2.45) is 46.3 Å². The molecule has 0 aromatic rings. The minimum absolute atomic E-state index is 0.174. The number of ketones is 2. The van der Waals surface area contributed by atoms with Crippen LogP contribution in [0, 0.1) is 46.3 Å². The van der Waals surface area contributed by atoms with E-state index in [2.05, 4.69) is 27.7 Å². The molecule has 4 atom stereocenters. The monoisotopic (exact) mass is 372 g/mol. The van der Waals surface area contributed by atoms with Gasteiger partial charge in [0.05, 0.1) is 6.42 Å². The molecular formula is C25H40O2. The van der Waals surface area contributed by atoms with E-state index in [-0.39, 0.29) is 17.3 Å². The van der Waals surface area contributed by atoms with E-state index in [0.29, 0.717) is 47.1 Å². The molecule has 0 saturated heterocycles. The van der Waals surface area contributed by atoms with Gasteiger partial charge in [0.25, 0.3) is 0 Å². The number of hydrogen-bond donors (Lipinski definition) is 0. The van der Waals surface area contributed by atoms with Crippen LogP contribution >= 0.6 is 0 Å². The van der Waals surface area contributed by atoms with Crippen molar-refractivity contribution in [3.05, 3.63) is 0 Å². The third kappa shape index (κ3) is 3.67. The van der Waals surface area contributed by atoms with Gasteiger partial charge in [-0.05, 0) is 99.7 Å². The summed E-state index contributed by atoms with van der Waals surface area (Å²) in [6.45, 7) is 9.28. The van der Waals surface area contributed by atoms with Crippen LogP contribution in [0.2, 0.25) is 0 Å². The maximum Gasteiger partial charge on any atom is 0.146 e. The SMILES string of the molecule is CC1CC2CC(C)CC(C(=O)CC(=O)C34CC(C)CC(CC(C)C3)C4)(C1)C2. The Bertz CT molecular complexity index is 514. The molecule has 0 radical (unpaired) electrons. The minimum Gasteiger partial charge on any atom is -0.299 e. The first-order chi connectivity index (χ1) is 12.7. The highest BCUT2D eigenvalue weighted by molar-refractivity contribution is 6.04. The number of carbonyl (C=O) groups excluding carboxylic acids is 2. The zero-order chi connectivity index (χ0) is 19.4. The highest BCUT2D eigenvalue weighted by atomic mass is 16.2. The van der Waals surface area contributed by atoms with Crippen molar-refractivity contribution in [2.75, 3.05) is 0 Å². The van der Waals surface area contributed by atoms with Crippen LogP contribution in [-0.4, -0.2) is 11.6 Å². The van der Waals surface area contributed by atoms with Crippen molar-refractivity contribution in [2.45, 2.75) is 98.3 Å². The molecule has 4 aliphatic rings. The second kappa shape index (κ2) is 6.99. The fraction of sp³-hybridized carbons (Fsp3) is 0.920. The van der Waals surface area contributed by atoms with E-state index in [4.69, 9.17) is 0 Å². The summed E-state index contributed by atoms with van der Waals surface area (Å²) in [5.41, 5.74) is -0.349. The largest absolute Gasteiger partial charge is 0.299 e. The molecule has 4 aliphatic carbocycles. The average Bonchev–Trinajstić information content (AvgIpc) is 2.51. The van der Waals surface area contributed by atoms with Gasteiger partial charge in [0.1, 0.15) is 11.6 Å². The summed E-state index contributed by atoms with van der Waals surface area (Å²) >= 11 is 0. The van der Waals surface area contributed by atoms with Crippen molar-refractivity contribution in [1.82, 2.24) is 0 Å². The molecule has 4 fully saturated rings. The second-order valence-corrected chi connectivity index (χ2v) is 11.9. The Morgan fingerprint density at radius 2 is 0.889 bits per heavy atom. The fourth-order valence-electron chi connectivity index (χ4n) is 8.61. The molecule has 27 heavy (non-hydrogen) atoms. The minimum atomic E-state index is -0.174. The van der Waals surface area contributed by atoms with E-state index in [1.165, 1.54) is 25.7 Å². The molecule has 4 unspecified atom stereocenters. The van der Waals surface area contributed by atoms with E-state index in [9.17, 15) is 9.59 Å². The van der Waals surface area contributed by atoms with Gasteiger partial charge in [-0.2, -0.15) is 0 Å². The van der Waals surface area contributed by atoms with Crippen LogP contribution in [0.4, 0.5) is 0 Å². The summed E-state index contributed by atoms with van der Waals surface area (Å²) in [6.07, 6.45) is 11.6. The third-order valence-electron chi connectivity index (χ3n) is 8.76. The van der Waals surface area contributed by atoms with Gasteiger partial charge in [0, 0.05) is 10.8 Å². The maximum absolute atomic E-state index is 13.6. The molecule has 0 aromatic heterocycles. The Hall–Kier alpha value is -0.660. The molecule has 0 heterocycles. The highest BCUT2D eigenvalue weighted by Crippen LogP contribution is 2.56. The van der Waals surface area contributed by atoms with Crippen LogP contribution in [0.1, 0.15) is 98.3 Å². The van der Waals surface area contributed by atoms with Gasteiger partial charge < -0.3 is 0 Å². The topological polar surface area (TPSA) is 34.1 Å². The van der Waals surface area contributed by atoms with Gasteiger partial charge in [-0.1, -0.05) is 27.7 Å². The quantitative estimate of drug-likeness (QED) is 0.549. The summed E-state index contributed by atoms with van der Waals surface area (Å²) < 4.78 is 0. The van der Waals surface area contributed by atoms with E-state index >= 15 is 0 Å². The molecule has 2 nitrogen and oxygen atoms in total. The average molecular weight is 373 g/mol. The summed E-state index contributed by atoms with van der Waals surface area (Å²) in [5.74, 6) is 4.62. The molecular weight excluding hydrogens is 332 g/mol. The Balaban J connectivity index is 1.52. The Kier molecular flexibility index (Phi) is 5.09. The summed E-state index contributed by atoms with van der Waals surface area (Å²) in [7, 11) is 0. The van der Waals surface area contributed by atoms with Gasteiger partial charge >= 0.3 is 0 Å². The summed E-state index contributed by atoms with van der Waals surface area (Å²) in [4.78, 5) is 27.1. The Morgan fingerprint density at radius 1 is 0.593 bits per heavy atom. The molecule has 0 aliphatic heterocycles. The van der Waals surface area contributed by atoms with Crippen LogP contribution in [0.3, 0.4) is 0 Å². The normalized spacial score (nSPS) is 49.5. The highest BCUT2D eigenvalue weighted by Gasteiger charge is 2.52. The number of carbonyl (C=O) groups is 2. The first kappa shape index (κ1) is 19.6. The molecule has 4 rings (SSSR count). The van der Waals surface area contributed by atoms with Gasteiger partial charge in [0.15, 0.2) is 0 Å². The van der Waals surface area contributed by atoms with Gasteiger partial charge in [-0.25, -0.2) is 0 Å². The standard InChI is InChI=1S/C25H40O2/c1-16-5-20-6-17(2)11-24(10-16,14-20)22(26)9-23(27)25-12-18(3)7-21(15-25)8-19(4)13-25/h16-21H,5-15H2,1-4H3. The van der Waals surface area contributed by atoms with Crippen molar-refractivity contribution < 1.29 is 9.59 Å². The molecule has 2 heteroatoms. The first-order valence-electron chi connectivity index (χ1n) is 11.8. The molecule has 0 spiro atoms. The summed E-state index contributed by atoms with van der Waals surface area (Å²) in [5, 5.41) is 0. The number of fused-ring (bicyclic) bond motifs is 4. The van der Waals surface area contributed by atoms with E-state index in [0.717, 1.165) is 38.5 Å². The van der Waals surface area contributed by atoms with E-state index in [1.807, 2.05) is 0 Å². The van der Waals surface area contributed by atoms with Gasteiger partial charge in [-0.15, -0.1) is 0 Å². The predicted octanol–water partition coefficient (Wildman–Crippen LogP) is 6.22.